The van der Waals surface area contributed by atoms with Gasteiger partial charge in [0.1, 0.15) is 0 Å². The Labute approximate surface area is 149 Å². The van der Waals surface area contributed by atoms with Crippen molar-refractivity contribution in [2.75, 3.05) is 0 Å². The molecule has 0 fully saturated rings. The first-order chi connectivity index (χ1) is 12.0. The summed E-state index contributed by atoms with van der Waals surface area (Å²) in [4.78, 5) is 29.7. The average Bonchev–Trinajstić information content (AvgIpc) is 3.24. The molecule has 7 heteroatoms. The van der Waals surface area contributed by atoms with Gasteiger partial charge in [-0.3, -0.25) is 9.59 Å². The van der Waals surface area contributed by atoms with Gasteiger partial charge in [0.15, 0.2) is 17.1 Å². The first-order valence-corrected chi connectivity index (χ1v) is 9.09. The number of aromatic nitrogens is 3. The van der Waals surface area contributed by atoms with Crippen LogP contribution >= 0.6 is 11.3 Å². The molecule has 25 heavy (non-hydrogen) atoms. The predicted octanol–water partition coefficient (Wildman–Crippen LogP) is 3.57. The van der Waals surface area contributed by atoms with Crippen LogP contribution in [0.2, 0.25) is 0 Å². The number of nitrogens with one attached hydrogen (secondary N) is 1. The lowest BCUT2D eigenvalue weighted by Gasteiger charge is -2.15. The zero-order valence-electron chi connectivity index (χ0n) is 14.4. The molecular formula is C18H20N4O2S. The topological polar surface area (TPSA) is 76.4 Å². The SMILES string of the molecule is CCCC(NC(=O)c1cc2ncc(C(C)=O)c(C)n2n1)c1cccs1. The summed E-state index contributed by atoms with van der Waals surface area (Å²) in [5.74, 6) is -0.310. The maximum absolute atomic E-state index is 12.6. The monoisotopic (exact) mass is 356 g/mol. The highest BCUT2D eigenvalue weighted by atomic mass is 32.1. The molecule has 0 aromatic carbocycles. The van der Waals surface area contributed by atoms with E-state index in [0.717, 1.165) is 17.7 Å². The maximum atomic E-state index is 12.6. The number of Topliss-reactive ketones (excluding diaryl/α,β-unsaturated/α-hetero) is 1. The van der Waals surface area contributed by atoms with Crippen LogP contribution < -0.4 is 5.32 Å². The van der Waals surface area contributed by atoms with Crippen LogP contribution in [0.4, 0.5) is 0 Å². The van der Waals surface area contributed by atoms with Crippen LogP contribution in [0, 0.1) is 6.92 Å². The fraction of sp³-hybridized carbons (Fsp3) is 0.333. The van der Waals surface area contributed by atoms with E-state index in [4.69, 9.17) is 0 Å². The first kappa shape index (κ1) is 17.3. The Kier molecular flexibility index (Phi) is 4.94. The van der Waals surface area contributed by atoms with Crippen LogP contribution in [0.1, 0.15) is 64.1 Å². The molecule has 3 aromatic heterocycles. The number of thiophene rings is 1. The lowest BCUT2D eigenvalue weighted by Crippen LogP contribution is -2.28. The molecule has 1 N–H and O–H groups in total. The molecule has 0 aliphatic carbocycles. The van der Waals surface area contributed by atoms with Gasteiger partial charge in [0.2, 0.25) is 0 Å². The van der Waals surface area contributed by atoms with Gasteiger partial charge in [0, 0.05) is 17.1 Å². The number of carbonyl (C=O) groups is 2. The van der Waals surface area contributed by atoms with Crippen molar-refractivity contribution in [2.45, 2.75) is 39.7 Å². The molecule has 0 radical (unpaired) electrons. The number of carbonyl (C=O) groups excluding carboxylic acids is 2. The summed E-state index contributed by atoms with van der Waals surface area (Å²) in [6.07, 6.45) is 3.37. The van der Waals surface area contributed by atoms with Crippen molar-refractivity contribution in [2.24, 2.45) is 0 Å². The van der Waals surface area contributed by atoms with Crippen molar-refractivity contribution in [3.8, 4) is 0 Å². The first-order valence-electron chi connectivity index (χ1n) is 8.21. The number of rotatable bonds is 6. The number of aryl methyl sites for hydroxylation is 1. The molecule has 1 amide bonds. The number of fused-ring (bicyclic) bond motifs is 1. The van der Waals surface area contributed by atoms with Crippen molar-refractivity contribution < 1.29 is 9.59 Å². The Morgan fingerprint density at radius 1 is 1.40 bits per heavy atom. The second-order valence-corrected chi connectivity index (χ2v) is 6.92. The molecule has 0 saturated carbocycles. The van der Waals surface area contributed by atoms with E-state index in [-0.39, 0.29) is 17.7 Å². The minimum Gasteiger partial charge on any atom is -0.343 e. The quantitative estimate of drug-likeness (QED) is 0.685. The van der Waals surface area contributed by atoms with E-state index in [1.54, 1.807) is 28.8 Å². The Bertz CT molecular complexity index is 915. The largest absolute Gasteiger partial charge is 0.343 e. The second-order valence-electron chi connectivity index (χ2n) is 5.94. The fourth-order valence-electron chi connectivity index (χ4n) is 2.80. The molecular weight excluding hydrogens is 336 g/mol. The number of nitrogens with zero attached hydrogens (tertiary/aromatic N) is 3. The zero-order chi connectivity index (χ0) is 18.0. The molecule has 0 aliphatic rings. The number of hydrogen-bond donors (Lipinski definition) is 1. The minimum atomic E-state index is -0.235. The Balaban J connectivity index is 1.89. The Morgan fingerprint density at radius 3 is 2.84 bits per heavy atom. The smallest absolute Gasteiger partial charge is 0.272 e. The fourth-order valence-corrected chi connectivity index (χ4v) is 3.61. The van der Waals surface area contributed by atoms with Crippen LogP contribution in [0.5, 0.6) is 0 Å². The number of amides is 1. The third kappa shape index (κ3) is 3.46. The van der Waals surface area contributed by atoms with E-state index in [9.17, 15) is 9.59 Å². The van der Waals surface area contributed by atoms with Crippen molar-refractivity contribution in [1.82, 2.24) is 19.9 Å². The highest BCUT2D eigenvalue weighted by molar-refractivity contribution is 7.10. The summed E-state index contributed by atoms with van der Waals surface area (Å²) >= 11 is 1.63. The van der Waals surface area contributed by atoms with E-state index >= 15 is 0 Å². The van der Waals surface area contributed by atoms with Crippen LogP contribution in [-0.2, 0) is 0 Å². The summed E-state index contributed by atoms with van der Waals surface area (Å²) in [6.45, 7) is 5.38. The summed E-state index contributed by atoms with van der Waals surface area (Å²) in [5.41, 5.74) is 2.04. The van der Waals surface area contributed by atoms with Crippen molar-refractivity contribution >= 4 is 28.7 Å². The normalized spacial score (nSPS) is 12.3. The maximum Gasteiger partial charge on any atom is 0.272 e. The summed E-state index contributed by atoms with van der Waals surface area (Å²) in [7, 11) is 0. The van der Waals surface area contributed by atoms with Gasteiger partial charge in [-0.1, -0.05) is 19.4 Å². The van der Waals surface area contributed by atoms with Gasteiger partial charge >= 0.3 is 0 Å². The predicted molar refractivity (Wildman–Crippen MR) is 97.2 cm³/mol. The molecule has 1 atom stereocenters. The van der Waals surface area contributed by atoms with E-state index < -0.39 is 0 Å². The summed E-state index contributed by atoms with van der Waals surface area (Å²) < 4.78 is 1.55. The highest BCUT2D eigenvalue weighted by Gasteiger charge is 2.19. The van der Waals surface area contributed by atoms with Gasteiger partial charge < -0.3 is 5.32 Å². The molecule has 3 rings (SSSR count). The van der Waals surface area contributed by atoms with E-state index in [0.29, 0.717) is 22.6 Å². The van der Waals surface area contributed by atoms with E-state index in [2.05, 4.69) is 22.3 Å². The van der Waals surface area contributed by atoms with Crippen LogP contribution in [0.25, 0.3) is 5.65 Å². The third-order valence-corrected chi connectivity index (χ3v) is 5.09. The van der Waals surface area contributed by atoms with Gasteiger partial charge in [-0.15, -0.1) is 11.3 Å². The van der Waals surface area contributed by atoms with Gasteiger partial charge in [-0.25, -0.2) is 9.50 Å². The lowest BCUT2D eigenvalue weighted by molar-refractivity contribution is 0.0929. The second kappa shape index (κ2) is 7.14. The standard InChI is InChI=1S/C18H20N4O2S/c1-4-6-14(16-7-5-8-25-16)20-18(24)15-9-17-19-10-13(12(3)23)11(2)22(17)21-15/h5,7-10,14H,4,6H2,1-3H3,(H,20,24). The van der Waals surface area contributed by atoms with E-state index in [1.165, 1.54) is 13.1 Å². The molecule has 0 bridgehead atoms. The van der Waals surface area contributed by atoms with Gasteiger partial charge in [-0.2, -0.15) is 5.10 Å². The zero-order valence-corrected chi connectivity index (χ0v) is 15.3. The molecule has 0 saturated heterocycles. The molecule has 3 heterocycles. The average molecular weight is 356 g/mol. The summed E-state index contributed by atoms with van der Waals surface area (Å²) in [5, 5.41) is 9.40. The van der Waals surface area contributed by atoms with Gasteiger partial charge in [-0.05, 0) is 31.7 Å². The third-order valence-electron chi connectivity index (χ3n) is 4.11. The minimum absolute atomic E-state index is 0.0239. The van der Waals surface area contributed by atoms with E-state index in [1.807, 2.05) is 17.5 Å². The van der Waals surface area contributed by atoms with Crippen molar-refractivity contribution in [1.29, 1.82) is 0 Å². The molecule has 3 aromatic rings. The molecule has 0 aliphatic heterocycles. The van der Waals surface area contributed by atoms with Crippen LogP contribution in [0.3, 0.4) is 0 Å². The molecule has 130 valence electrons. The van der Waals surface area contributed by atoms with Crippen LogP contribution in [0.15, 0.2) is 29.8 Å². The Morgan fingerprint density at radius 2 is 2.20 bits per heavy atom. The van der Waals surface area contributed by atoms with Crippen molar-refractivity contribution in [3.05, 3.63) is 51.6 Å². The summed E-state index contributed by atoms with van der Waals surface area (Å²) in [6, 6.07) is 5.63. The number of hydrogen-bond acceptors (Lipinski definition) is 5. The van der Waals surface area contributed by atoms with Gasteiger partial charge in [0.05, 0.1) is 17.3 Å². The lowest BCUT2D eigenvalue weighted by atomic mass is 10.1. The molecule has 6 nitrogen and oxygen atoms in total. The molecule has 0 spiro atoms. The molecule has 1 unspecified atom stereocenters. The number of ketones is 1. The Hall–Kier alpha value is -2.54. The van der Waals surface area contributed by atoms with Gasteiger partial charge in [0.25, 0.3) is 5.91 Å². The highest BCUT2D eigenvalue weighted by Crippen LogP contribution is 2.23. The van der Waals surface area contributed by atoms with Crippen LogP contribution in [-0.4, -0.2) is 26.3 Å². The van der Waals surface area contributed by atoms with Crippen molar-refractivity contribution in [3.63, 3.8) is 0 Å².